The largest absolute Gasteiger partial charge is 0.393 e. The number of amides is 1. The van der Waals surface area contributed by atoms with Gasteiger partial charge in [0.05, 0.1) is 6.10 Å². The number of aryl methyl sites for hydroxylation is 2. The van der Waals surface area contributed by atoms with E-state index in [0.717, 1.165) is 36.8 Å². The highest BCUT2D eigenvalue weighted by Gasteiger charge is 2.42. The van der Waals surface area contributed by atoms with Crippen LogP contribution in [0.3, 0.4) is 0 Å². The van der Waals surface area contributed by atoms with Gasteiger partial charge in [0.1, 0.15) is 0 Å². The van der Waals surface area contributed by atoms with Crippen molar-refractivity contribution in [2.24, 2.45) is 0 Å². The second kappa shape index (κ2) is 4.64. The number of aliphatic hydroxyl groups is 1. The standard InChI is InChI=1S/C16H21NO2/c1-10-3-4-12(7-11(10)2)16(19)17-13-5-6-14(17)9-15(18)8-13/h3-4,7,13-15,18H,5-6,8-9H2,1-2H3. The smallest absolute Gasteiger partial charge is 0.254 e. The Kier molecular flexibility index (Phi) is 3.09. The Labute approximate surface area is 114 Å². The molecule has 2 heterocycles. The van der Waals surface area contributed by atoms with E-state index in [-0.39, 0.29) is 24.1 Å². The fourth-order valence-corrected chi connectivity index (χ4v) is 3.50. The molecule has 2 saturated heterocycles. The molecule has 2 aliphatic rings. The molecule has 102 valence electrons. The van der Waals surface area contributed by atoms with E-state index >= 15 is 0 Å². The summed E-state index contributed by atoms with van der Waals surface area (Å²) in [7, 11) is 0. The van der Waals surface area contributed by atoms with Gasteiger partial charge < -0.3 is 10.0 Å². The molecule has 2 unspecified atom stereocenters. The molecule has 3 rings (SSSR count). The third-order valence-electron chi connectivity index (χ3n) is 4.70. The average molecular weight is 259 g/mol. The van der Waals surface area contributed by atoms with E-state index in [4.69, 9.17) is 0 Å². The maximum absolute atomic E-state index is 12.7. The van der Waals surface area contributed by atoms with Crippen LogP contribution in [0.25, 0.3) is 0 Å². The SMILES string of the molecule is Cc1ccc(C(=O)N2C3CCC2CC(O)C3)cc1C. The third-order valence-corrected chi connectivity index (χ3v) is 4.70. The van der Waals surface area contributed by atoms with E-state index in [1.54, 1.807) is 0 Å². The molecule has 2 bridgehead atoms. The predicted molar refractivity (Wildman–Crippen MR) is 74.1 cm³/mol. The number of aliphatic hydroxyl groups excluding tert-OH is 1. The zero-order valence-corrected chi connectivity index (χ0v) is 11.6. The van der Waals surface area contributed by atoms with Gasteiger partial charge in [-0.25, -0.2) is 0 Å². The first-order valence-corrected chi connectivity index (χ1v) is 7.14. The van der Waals surface area contributed by atoms with Crippen LogP contribution in [0.2, 0.25) is 0 Å². The number of hydrogen-bond donors (Lipinski definition) is 1. The van der Waals surface area contributed by atoms with Gasteiger partial charge in [-0.05, 0) is 62.8 Å². The summed E-state index contributed by atoms with van der Waals surface area (Å²) in [5.41, 5.74) is 3.17. The first-order chi connectivity index (χ1) is 9.06. The summed E-state index contributed by atoms with van der Waals surface area (Å²) in [6.45, 7) is 4.10. The Morgan fingerprint density at radius 1 is 1.16 bits per heavy atom. The number of carbonyl (C=O) groups excluding carboxylic acids is 1. The van der Waals surface area contributed by atoms with Crippen LogP contribution in [0.5, 0.6) is 0 Å². The Morgan fingerprint density at radius 2 is 1.79 bits per heavy atom. The minimum Gasteiger partial charge on any atom is -0.393 e. The number of carbonyl (C=O) groups is 1. The Hall–Kier alpha value is -1.35. The third kappa shape index (κ3) is 2.16. The monoisotopic (exact) mass is 259 g/mol. The van der Waals surface area contributed by atoms with E-state index in [9.17, 15) is 9.90 Å². The highest BCUT2D eigenvalue weighted by Crippen LogP contribution is 2.36. The summed E-state index contributed by atoms with van der Waals surface area (Å²) in [5, 5.41) is 9.80. The summed E-state index contributed by atoms with van der Waals surface area (Å²) in [5.74, 6) is 0.141. The molecule has 0 spiro atoms. The summed E-state index contributed by atoms with van der Waals surface area (Å²) in [4.78, 5) is 14.7. The molecule has 1 N–H and O–H groups in total. The van der Waals surface area contributed by atoms with Gasteiger partial charge in [0.2, 0.25) is 0 Å². The van der Waals surface area contributed by atoms with Gasteiger partial charge in [-0.2, -0.15) is 0 Å². The molecular weight excluding hydrogens is 238 g/mol. The Morgan fingerprint density at radius 3 is 2.37 bits per heavy atom. The lowest BCUT2D eigenvalue weighted by Gasteiger charge is -2.37. The highest BCUT2D eigenvalue weighted by molar-refractivity contribution is 5.95. The number of rotatable bonds is 1. The molecule has 0 radical (unpaired) electrons. The topological polar surface area (TPSA) is 40.5 Å². The van der Waals surface area contributed by atoms with Crippen molar-refractivity contribution in [2.75, 3.05) is 0 Å². The zero-order valence-electron chi connectivity index (χ0n) is 11.6. The fraction of sp³-hybridized carbons (Fsp3) is 0.562. The predicted octanol–water partition coefficient (Wildman–Crippen LogP) is 2.43. The molecule has 1 amide bonds. The van der Waals surface area contributed by atoms with Crippen molar-refractivity contribution >= 4 is 5.91 Å². The van der Waals surface area contributed by atoms with Crippen LogP contribution in [0.1, 0.15) is 47.2 Å². The summed E-state index contributed by atoms with van der Waals surface area (Å²) in [6, 6.07) is 6.41. The Balaban J connectivity index is 1.86. The van der Waals surface area contributed by atoms with Crippen molar-refractivity contribution in [1.29, 1.82) is 0 Å². The van der Waals surface area contributed by atoms with Crippen molar-refractivity contribution in [3.63, 3.8) is 0 Å². The summed E-state index contributed by atoms with van der Waals surface area (Å²) in [6.07, 6.45) is 3.35. The van der Waals surface area contributed by atoms with Crippen LogP contribution >= 0.6 is 0 Å². The van der Waals surface area contributed by atoms with Gasteiger partial charge in [0.25, 0.3) is 5.91 Å². The van der Waals surface area contributed by atoms with Gasteiger partial charge in [0.15, 0.2) is 0 Å². The second-order valence-electron chi connectivity index (χ2n) is 6.02. The van der Waals surface area contributed by atoms with Crippen molar-refractivity contribution in [3.8, 4) is 0 Å². The summed E-state index contributed by atoms with van der Waals surface area (Å²) < 4.78 is 0. The van der Waals surface area contributed by atoms with Crippen LogP contribution in [-0.4, -0.2) is 34.1 Å². The Bertz CT molecular complexity index is 497. The lowest BCUT2D eigenvalue weighted by molar-refractivity contribution is 0.0287. The van der Waals surface area contributed by atoms with E-state index < -0.39 is 0 Å². The lowest BCUT2D eigenvalue weighted by Crippen LogP contribution is -2.48. The molecule has 0 aromatic heterocycles. The number of hydrogen-bond acceptors (Lipinski definition) is 2. The average Bonchev–Trinajstić information content (AvgIpc) is 2.64. The van der Waals surface area contributed by atoms with E-state index in [0.29, 0.717) is 0 Å². The molecule has 1 aromatic carbocycles. The van der Waals surface area contributed by atoms with Crippen molar-refractivity contribution in [3.05, 3.63) is 34.9 Å². The molecular formula is C16H21NO2. The first-order valence-electron chi connectivity index (χ1n) is 7.14. The minimum absolute atomic E-state index is 0.141. The van der Waals surface area contributed by atoms with Crippen LogP contribution in [-0.2, 0) is 0 Å². The van der Waals surface area contributed by atoms with Crippen molar-refractivity contribution in [1.82, 2.24) is 4.90 Å². The van der Waals surface area contributed by atoms with E-state index in [2.05, 4.69) is 6.92 Å². The number of piperidine rings is 1. The van der Waals surface area contributed by atoms with Crippen LogP contribution in [0, 0.1) is 13.8 Å². The van der Waals surface area contributed by atoms with Crippen LogP contribution in [0.4, 0.5) is 0 Å². The lowest BCUT2D eigenvalue weighted by atomic mass is 9.98. The quantitative estimate of drug-likeness (QED) is 0.841. The fourth-order valence-electron chi connectivity index (χ4n) is 3.50. The first kappa shape index (κ1) is 12.7. The van der Waals surface area contributed by atoms with Crippen LogP contribution < -0.4 is 0 Å². The molecule has 2 atom stereocenters. The minimum atomic E-state index is -0.221. The molecule has 3 heteroatoms. The normalized spacial score (nSPS) is 29.6. The highest BCUT2D eigenvalue weighted by atomic mass is 16.3. The maximum atomic E-state index is 12.7. The molecule has 3 nitrogen and oxygen atoms in total. The van der Waals surface area contributed by atoms with Crippen molar-refractivity contribution < 1.29 is 9.90 Å². The van der Waals surface area contributed by atoms with Gasteiger partial charge >= 0.3 is 0 Å². The number of fused-ring (bicyclic) bond motifs is 2. The molecule has 2 aliphatic heterocycles. The van der Waals surface area contributed by atoms with Gasteiger partial charge in [-0.3, -0.25) is 4.79 Å². The molecule has 19 heavy (non-hydrogen) atoms. The second-order valence-corrected chi connectivity index (χ2v) is 6.02. The van der Waals surface area contributed by atoms with Gasteiger partial charge in [-0.15, -0.1) is 0 Å². The van der Waals surface area contributed by atoms with Crippen molar-refractivity contribution in [2.45, 2.75) is 57.7 Å². The summed E-state index contributed by atoms with van der Waals surface area (Å²) >= 11 is 0. The molecule has 1 aromatic rings. The van der Waals surface area contributed by atoms with Gasteiger partial charge in [0, 0.05) is 17.6 Å². The van der Waals surface area contributed by atoms with E-state index in [1.807, 2.05) is 30.0 Å². The molecule has 0 saturated carbocycles. The molecule has 2 fully saturated rings. The maximum Gasteiger partial charge on any atom is 0.254 e. The zero-order chi connectivity index (χ0) is 13.6. The van der Waals surface area contributed by atoms with Crippen LogP contribution in [0.15, 0.2) is 18.2 Å². The number of nitrogens with zero attached hydrogens (tertiary/aromatic N) is 1. The van der Waals surface area contributed by atoms with E-state index in [1.165, 1.54) is 5.56 Å². The molecule has 0 aliphatic carbocycles. The van der Waals surface area contributed by atoms with Gasteiger partial charge in [-0.1, -0.05) is 6.07 Å². The number of benzene rings is 1.